The molecule has 3 N–H and O–H groups in total. The first kappa shape index (κ1) is 13.2. The van der Waals surface area contributed by atoms with Gasteiger partial charge >= 0.3 is 0 Å². The molecule has 0 aromatic heterocycles. The standard InChI is InChI=1S/C12H17BrN2O/c1-9-4-5-11(13)10(8-9)12(16)15-7-3-2-6-14/h4-5,8H,2-3,6-7,14H2,1H3,(H,15,16). The van der Waals surface area contributed by atoms with Gasteiger partial charge in [-0.1, -0.05) is 11.6 Å². The van der Waals surface area contributed by atoms with Crippen molar-refractivity contribution in [1.82, 2.24) is 5.32 Å². The molecule has 0 radical (unpaired) electrons. The molecule has 0 heterocycles. The molecule has 4 heteroatoms. The van der Waals surface area contributed by atoms with Crippen LogP contribution in [0.5, 0.6) is 0 Å². The van der Waals surface area contributed by atoms with E-state index in [1.807, 2.05) is 25.1 Å². The van der Waals surface area contributed by atoms with Crippen molar-refractivity contribution in [3.05, 3.63) is 33.8 Å². The Morgan fingerprint density at radius 1 is 1.44 bits per heavy atom. The topological polar surface area (TPSA) is 55.1 Å². The van der Waals surface area contributed by atoms with Gasteiger partial charge in [-0.25, -0.2) is 0 Å². The van der Waals surface area contributed by atoms with Gasteiger partial charge in [-0.15, -0.1) is 0 Å². The second-order valence-corrected chi connectivity index (χ2v) is 4.59. The smallest absolute Gasteiger partial charge is 0.252 e. The summed E-state index contributed by atoms with van der Waals surface area (Å²) in [5.74, 6) is -0.0346. The van der Waals surface area contributed by atoms with Crippen molar-refractivity contribution >= 4 is 21.8 Å². The molecule has 0 bridgehead atoms. The van der Waals surface area contributed by atoms with Gasteiger partial charge in [0.05, 0.1) is 5.56 Å². The van der Waals surface area contributed by atoms with Crippen molar-refractivity contribution in [3.8, 4) is 0 Å². The number of aryl methyl sites for hydroxylation is 1. The summed E-state index contributed by atoms with van der Waals surface area (Å²) in [5, 5.41) is 2.88. The summed E-state index contributed by atoms with van der Waals surface area (Å²) in [5.41, 5.74) is 7.15. The number of nitrogens with two attached hydrogens (primary N) is 1. The lowest BCUT2D eigenvalue weighted by Crippen LogP contribution is -2.25. The molecule has 88 valence electrons. The number of unbranched alkanes of at least 4 members (excludes halogenated alkanes) is 1. The molecule has 0 atom stereocenters. The van der Waals surface area contributed by atoms with Gasteiger partial charge in [-0.2, -0.15) is 0 Å². The number of carbonyl (C=O) groups excluding carboxylic acids is 1. The number of nitrogens with one attached hydrogen (secondary N) is 1. The summed E-state index contributed by atoms with van der Waals surface area (Å²) in [6, 6.07) is 5.74. The molecular formula is C12H17BrN2O. The van der Waals surface area contributed by atoms with Crippen LogP contribution >= 0.6 is 15.9 Å². The minimum atomic E-state index is -0.0346. The predicted octanol–water partition coefficient (Wildman–Crippen LogP) is 2.23. The molecule has 0 unspecified atom stereocenters. The van der Waals surface area contributed by atoms with Crippen molar-refractivity contribution in [1.29, 1.82) is 0 Å². The van der Waals surface area contributed by atoms with Gasteiger partial charge in [0.25, 0.3) is 5.91 Å². The van der Waals surface area contributed by atoms with Gasteiger partial charge in [0.15, 0.2) is 0 Å². The van der Waals surface area contributed by atoms with E-state index in [0.717, 1.165) is 22.9 Å². The van der Waals surface area contributed by atoms with E-state index >= 15 is 0 Å². The first-order valence-electron chi connectivity index (χ1n) is 5.39. The van der Waals surface area contributed by atoms with Crippen LogP contribution in [-0.2, 0) is 0 Å². The van der Waals surface area contributed by atoms with Crippen LogP contribution in [0.4, 0.5) is 0 Å². The van der Waals surface area contributed by atoms with Gasteiger partial charge in [-0.05, 0) is 54.4 Å². The Balaban J connectivity index is 2.55. The minimum Gasteiger partial charge on any atom is -0.352 e. The van der Waals surface area contributed by atoms with Gasteiger partial charge in [0.1, 0.15) is 0 Å². The van der Waals surface area contributed by atoms with Crippen molar-refractivity contribution in [3.63, 3.8) is 0 Å². The van der Waals surface area contributed by atoms with Crippen LogP contribution < -0.4 is 11.1 Å². The SMILES string of the molecule is Cc1ccc(Br)c(C(=O)NCCCCN)c1. The minimum absolute atomic E-state index is 0.0346. The highest BCUT2D eigenvalue weighted by Crippen LogP contribution is 2.17. The van der Waals surface area contributed by atoms with Gasteiger partial charge in [0.2, 0.25) is 0 Å². The van der Waals surface area contributed by atoms with E-state index in [9.17, 15) is 4.79 Å². The fourth-order valence-corrected chi connectivity index (χ4v) is 1.81. The Morgan fingerprint density at radius 2 is 2.19 bits per heavy atom. The monoisotopic (exact) mass is 284 g/mol. The molecule has 1 amide bonds. The summed E-state index contributed by atoms with van der Waals surface area (Å²) in [7, 11) is 0. The van der Waals surface area contributed by atoms with Crippen molar-refractivity contribution in [2.45, 2.75) is 19.8 Å². The Labute approximate surface area is 105 Å². The number of rotatable bonds is 5. The van der Waals surface area contributed by atoms with Crippen LogP contribution in [0.25, 0.3) is 0 Å². The number of carbonyl (C=O) groups is 1. The Morgan fingerprint density at radius 3 is 2.88 bits per heavy atom. The zero-order valence-corrected chi connectivity index (χ0v) is 11.0. The first-order valence-corrected chi connectivity index (χ1v) is 6.19. The molecule has 0 fully saturated rings. The molecule has 0 aliphatic rings. The zero-order chi connectivity index (χ0) is 12.0. The van der Waals surface area contributed by atoms with Crippen molar-refractivity contribution in [2.75, 3.05) is 13.1 Å². The van der Waals surface area contributed by atoms with Crippen LogP contribution in [0.3, 0.4) is 0 Å². The van der Waals surface area contributed by atoms with E-state index in [1.54, 1.807) is 0 Å². The molecule has 3 nitrogen and oxygen atoms in total. The van der Waals surface area contributed by atoms with Crippen molar-refractivity contribution in [2.24, 2.45) is 5.73 Å². The molecule has 1 aromatic rings. The Kier molecular flexibility index (Phi) is 5.49. The average molecular weight is 285 g/mol. The maximum atomic E-state index is 11.8. The molecule has 0 spiro atoms. The molecule has 0 saturated heterocycles. The lowest BCUT2D eigenvalue weighted by atomic mass is 10.1. The highest BCUT2D eigenvalue weighted by Gasteiger charge is 2.08. The predicted molar refractivity (Wildman–Crippen MR) is 69.5 cm³/mol. The van der Waals surface area contributed by atoms with E-state index in [1.165, 1.54) is 0 Å². The van der Waals surface area contributed by atoms with E-state index < -0.39 is 0 Å². The third kappa shape index (κ3) is 3.94. The van der Waals surface area contributed by atoms with E-state index in [4.69, 9.17) is 5.73 Å². The third-order valence-electron chi connectivity index (χ3n) is 2.28. The summed E-state index contributed by atoms with van der Waals surface area (Å²) in [6.45, 7) is 3.32. The maximum absolute atomic E-state index is 11.8. The number of benzene rings is 1. The Bertz CT molecular complexity index is 366. The number of hydrogen-bond acceptors (Lipinski definition) is 2. The van der Waals surface area contributed by atoms with Gasteiger partial charge in [0, 0.05) is 11.0 Å². The fourth-order valence-electron chi connectivity index (χ4n) is 1.38. The van der Waals surface area contributed by atoms with Crippen LogP contribution in [-0.4, -0.2) is 19.0 Å². The highest BCUT2D eigenvalue weighted by atomic mass is 79.9. The molecule has 16 heavy (non-hydrogen) atoms. The van der Waals surface area contributed by atoms with E-state index in [0.29, 0.717) is 18.7 Å². The maximum Gasteiger partial charge on any atom is 0.252 e. The normalized spacial score (nSPS) is 10.2. The molecule has 0 aliphatic carbocycles. The molecule has 1 aromatic carbocycles. The number of amides is 1. The third-order valence-corrected chi connectivity index (χ3v) is 2.97. The average Bonchev–Trinajstić information content (AvgIpc) is 2.27. The second kappa shape index (κ2) is 6.66. The summed E-state index contributed by atoms with van der Waals surface area (Å²) >= 11 is 3.37. The Hall–Kier alpha value is -0.870. The zero-order valence-electron chi connectivity index (χ0n) is 9.42. The molecule has 1 rings (SSSR count). The lowest BCUT2D eigenvalue weighted by Gasteiger charge is -2.07. The van der Waals surface area contributed by atoms with Gasteiger partial charge < -0.3 is 11.1 Å². The van der Waals surface area contributed by atoms with Crippen LogP contribution in [0, 0.1) is 6.92 Å². The molecular weight excluding hydrogens is 268 g/mol. The quantitative estimate of drug-likeness (QED) is 0.815. The van der Waals surface area contributed by atoms with Crippen molar-refractivity contribution < 1.29 is 4.79 Å². The summed E-state index contributed by atoms with van der Waals surface area (Å²) in [6.07, 6.45) is 1.86. The second-order valence-electron chi connectivity index (χ2n) is 3.73. The highest BCUT2D eigenvalue weighted by molar-refractivity contribution is 9.10. The van der Waals surface area contributed by atoms with Crippen LogP contribution in [0.2, 0.25) is 0 Å². The fraction of sp³-hybridized carbons (Fsp3) is 0.417. The van der Waals surface area contributed by atoms with Crippen LogP contribution in [0.15, 0.2) is 22.7 Å². The van der Waals surface area contributed by atoms with E-state index in [-0.39, 0.29) is 5.91 Å². The number of hydrogen-bond donors (Lipinski definition) is 2. The first-order chi connectivity index (χ1) is 7.65. The largest absolute Gasteiger partial charge is 0.352 e. The molecule has 0 saturated carbocycles. The summed E-state index contributed by atoms with van der Waals surface area (Å²) in [4.78, 5) is 11.8. The number of halogens is 1. The van der Waals surface area contributed by atoms with Gasteiger partial charge in [-0.3, -0.25) is 4.79 Å². The van der Waals surface area contributed by atoms with E-state index in [2.05, 4.69) is 21.2 Å². The molecule has 0 aliphatic heterocycles. The lowest BCUT2D eigenvalue weighted by molar-refractivity contribution is 0.0952. The summed E-state index contributed by atoms with van der Waals surface area (Å²) < 4.78 is 0.828. The van der Waals surface area contributed by atoms with Crippen LogP contribution in [0.1, 0.15) is 28.8 Å².